The molecule has 1 atom stereocenters. The molecule has 0 aromatic carbocycles. The van der Waals surface area contributed by atoms with Gasteiger partial charge >= 0.3 is 0 Å². The lowest BCUT2D eigenvalue weighted by Gasteiger charge is -2.37. The third-order valence-electron chi connectivity index (χ3n) is 4.48. The van der Waals surface area contributed by atoms with Crippen molar-refractivity contribution in [3.05, 3.63) is 17.6 Å². The largest absolute Gasteiger partial charge is 0.362 e. The second-order valence-electron chi connectivity index (χ2n) is 6.87. The van der Waals surface area contributed by atoms with Crippen molar-refractivity contribution in [2.24, 2.45) is 0 Å². The summed E-state index contributed by atoms with van der Waals surface area (Å²) in [7, 11) is 3.91. The Bertz CT molecular complexity index is 676. The molecule has 1 N–H and O–H groups in total. The first kappa shape index (κ1) is 17.0. The third-order valence-corrected chi connectivity index (χ3v) is 5.89. The van der Waals surface area contributed by atoms with E-state index >= 15 is 0 Å². The predicted molar refractivity (Wildman–Crippen MR) is 93.9 cm³/mol. The summed E-state index contributed by atoms with van der Waals surface area (Å²) in [4.78, 5) is 37.3. The average molecular weight is 349 g/mol. The fraction of sp³-hybridized carbons (Fsp3) is 0.625. The molecule has 2 amide bonds. The maximum atomic E-state index is 12.8. The molecule has 2 aliphatic rings. The van der Waals surface area contributed by atoms with Crippen molar-refractivity contribution in [3.63, 3.8) is 0 Å². The van der Waals surface area contributed by atoms with Gasteiger partial charge in [-0.25, -0.2) is 9.97 Å². The van der Waals surface area contributed by atoms with E-state index in [0.717, 1.165) is 23.5 Å². The van der Waals surface area contributed by atoms with Gasteiger partial charge in [0.05, 0.1) is 17.0 Å². The van der Waals surface area contributed by atoms with Gasteiger partial charge in [-0.2, -0.15) is 0 Å². The lowest BCUT2D eigenvalue weighted by molar-refractivity contribution is -0.137. The van der Waals surface area contributed by atoms with Crippen LogP contribution in [0.2, 0.25) is 0 Å². The molecule has 0 spiro atoms. The van der Waals surface area contributed by atoms with Crippen LogP contribution in [0.1, 0.15) is 25.1 Å². The summed E-state index contributed by atoms with van der Waals surface area (Å²) in [6.45, 7) is 4.85. The average Bonchev–Trinajstić information content (AvgIpc) is 2.55. The lowest BCUT2D eigenvalue weighted by atomic mass is 10.0. The number of fused-ring (bicyclic) bond motifs is 1. The number of hydrogen-bond donors (Lipinski definition) is 1. The highest BCUT2D eigenvalue weighted by Crippen LogP contribution is 2.30. The second-order valence-corrected chi connectivity index (χ2v) is 8.52. The van der Waals surface area contributed by atoms with Gasteiger partial charge in [0.25, 0.3) is 0 Å². The molecule has 0 radical (unpaired) electrons. The Hall–Kier alpha value is -1.83. The van der Waals surface area contributed by atoms with E-state index < -0.39 is 10.8 Å². The van der Waals surface area contributed by atoms with Crippen LogP contribution in [0.5, 0.6) is 0 Å². The molecule has 3 rings (SSSR count). The normalized spacial score (nSPS) is 22.6. The van der Waals surface area contributed by atoms with Crippen molar-refractivity contribution >= 4 is 29.4 Å². The SMILES string of the molecule is CN(C)c1ncnc2c1CCN(C(=O)C1CSC(C)(C)C(=O)N1)C2. The number of carbonyl (C=O) groups is 2. The van der Waals surface area contributed by atoms with Crippen LogP contribution in [0.15, 0.2) is 6.33 Å². The van der Waals surface area contributed by atoms with Crippen molar-refractivity contribution in [2.45, 2.75) is 37.6 Å². The Morgan fingerprint density at radius 3 is 2.83 bits per heavy atom. The Balaban J connectivity index is 1.73. The van der Waals surface area contributed by atoms with E-state index in [-0.39, 0.29) is 11.8 Å². The molecule has 8 heteroatoms. The van der Waals surface area contributed by atoms with E-state index in [9.17, 15) is 9.59 Å². The molecule has 1 aromatic rings. The van der Waals surface area contributed by atoms with E-state index in [1.54, 1.807) is 11.2 Å². The molecule has 130 valence electrons. The molecule has 7 nitrogen and oxygen atoms in total. The molecule has 0 bridgehead atoms. The number of nitrogens with one attached hydrogen (secondary N) is 1. The summed E-state index contributed by atoms with van der Waals surface area (Å²) in [5, 5.41) is 2.87. The highest BCUT2D eigenvalue weighted by molar-refractivity contribution is 8.01. The minimum atomic E-state index is -0.473. The summed E-state index contributed by atoms with van der Waals surface area (Å²) in [6.07, 6.45) is 2.28. The molecule has 0 aliphatic carbocycles. The molecule has 1 unspecified atom stereocenters. The van der Waals surface area contributed by atoms with Gasteiger partial charge in [0, 0.05) is 32.0 Å². The van der Waals surface area contributed by atoms with Gasteiger partial charge in [0.2, 0.25) is 11.8 Å². The van der Waals surface area contributed by atoms with Crippen LogP contribution in [0.4, 0.5) is 5.82 Å². The van der Waals surface area contributed by atoms with Crippen molar-refractivity contribution in [3.8, 4) is 0 Å². The second kappa shape index (κ2) is 6.23. The zero-order valence-corrected chi connectivity index (χ0v) is 15.3. The van der Waals surface area contributed by atoms with Crippen molar-refractivity contribution in [2.75, 3.05) is 31.3 Å². The highest BCUT2D eigenvalue weighted by Gasteiger charge is 2.39. The number of thioether (sulfide) groups is 1. The minimum Gasteiger partial charge on any atom is -0.362 e. The minimum absolute atomic E-state index is 0.0259. The number of rotatable bonds is 2. The van der Waals surface area contributed by atoms with E-state index in [1.807, 2.05) is 32.8 Å². The van der Waals surface area contributed by atoms with Gasteiger partial charge in [-0.1, -0.05) is 0 Å². The van der Waals surface area contributed by atoms with E-state index in [0.29, 0.717) is 18.8 Å². The van der Waals surface area contributed by atoms with Crippen LogP contribution in [0.25, 0.3) is 0 Å². The lowest BCUT2D eigenvalue weighted by Crippen LogP contribution is -2.58. The third kappa shape index (κ3) is 3.07. The number of carbonyl (C=O) groups excluding carboxylic acids is 2. The van der Waals surface area contributed by atoms with Crippen LogP contribution in [0.3, 0.4) is 0 Å². The topological polar surface area (TPSA) is 78.4 Å². The first-order valence-electron chi connectivity index (χ1n) is 8.03. The maximum Gasteiger partial charge on any atom is 0.246 e. The van der Waals surface area contributed by atoms with Crippen LogP contribution in [-0.4, -0.2) is 63.9 Å². The molecule has 2 aliphatic heterocycles. The fourth-order valence-corrected chi connectivity index (χ4v) is 3.99. The zero-order chi connectivity index (χ0) is 17.5. The Morgan fingerprint density at radius 1 is 1.42 bits per heavy atom. The van der Waals surface area contributed by atoms with Crippen molar-refractivity contribution < 1.29 is 9.59 Å². The predicted octanol–water partition coefficient (Wildman–Crippen LogP) is 0.438. The molecule has 1 fully saturated rings. The molecule has 1 aromatic heterocycles. The number of amides is 2. The first-order chi connectivity index (χ1) is 11.3. The number of hydrogen-bond acceptors (Lipinski definition) is 6. The van der Waals surface area contributed by atoms with E-state index in [1.165, 1.54) is 11.8 Å². The number of aromatic nitrogens is 2. The van der Waals surface area contributed by atoms with Gasteiger partial charge in [-0.3, -0.25) is 9.59 Å². The van der Waals surface area contributed by atoms with Gasteiger partial charge in [0.1, 0.15) is 18.2 Å². The summed E-state index contributed by atoms with van der Waals surface area (Å²) >= 11 is 1.53. The summed E-state index contributed by atoms with van der Waals surface area (Å²) < 4.78 is -0.473. The number of anilines is 1. The van der Waals surface area contributed by atoms with Crippen molar-refractivity contribution in [1.82, 2.24) is 20.2 Å². The van der Waals surface area contributed by atoms with Crippen LogP contribution < -0.4 is 10.2 Å². The quantitative estimate of drug-likeness (QED) is 0.835. The fourth-order valence-electron chi connectivity index (χ4n) is 2.99. The van der Waals surface area contributed by atoms with Crippen LogP contribution in [0, 0.1) is 0 Å². The summed E-state index contributed by atoms with van der Waals surface area (Å²) in [5.74, 6) is 1.41. The molecular formula is C16H23N5O2S. The Kier molecular flexibility index (Phi) is 4.42. The molecule has 1 saturated heterocycles. The first-order valence-corrected chi connectivity index (χ1v) is 9.02. The van der Waals surface area contributed by atoms with E-state index in [2.05, 4.69) is 15.3 Å². The van der Waals surface area contributed by atoms with Gasteiger partial charge < -0.3 is 15.1 Å². The molecule has 24 heavy (non-hydrogen) atoms. The monoisotopic (exact) mass is 349 g/mol. The van der Waals surface area contributed by atoms with Crippen molar-refractivity contribution in [1.29, 1.82) is 0 Å². The number of nitrogens with zero attached hydrogens (tertiary/aromatic N) is 4. The smallest absolute Gasteiger partial charge is 0.246 e. The summed E-state index contributed by atoms with van der Waals surface area (Å²) in [5.41, 5.74) is 2.00. The summed E-state index contributed by atoms with van der Waals surface area (Å²) in [6, 6.07) is -0.452. The highest BCUT2D eigenvalue weighted by atomic mass is 32.2. The maximum absolute atomic E-state index is 12.8. The van der Waals surface area contributed by atoms with Gasteiger partial charge in [-0.05, 0) is 20.3 Å². The van der Waals surface area contributed by atoms with Crippen LogP contribution >= 0.6 is 11.8 Å². The molecule has 3 heterocycles. The van der Waals surface area contributed by atoms with E-state index in [4.69, 9.17) is 0 Å². The zero-order valence-electron chi connectivity index (χ0n) is 14.5. The Morgan fingerprint density at radius 2 is 2.17 bits per heavy atom. The van der Waals surface area contributed by atoms with Gasteiger partial charge in [0.15, 0.2) is 0 Å². The van der Waals surface area contributed by atoms with Crippen LogP contribution in [-0.2, 0) is 22.6 Å². The molecule has 0 saturated carbocycles. The van der Waals surface area contributed by atoms with Gasteiger partial charge in [-0.15, -0.1) is 11.8 Å². The standard InChI is InChI=1S/C16H23N5O2S/c1-16(2)15(23)19-12(8-24-16)14(22)21-6-5-10-11(7-21)17-9-18-13(10)20(3)4/h9,12H,5-8H2,1-4H3,(H,19,23). The molecular weight excluding hydrogens is 326 g/mol. The Labute approximate surface area is 146 Å².